The Hall–Kier alpha value is -2.35. The maximum Gasteiger partial charge on any atom is 0.213 e. The van der Waals surface area contributed by atoms with Gasteiger partial charge in [0.1, 0.15) is 0 Å². The van der Waals surface area contributed by atoms with E-state index in [1.54, 1.807) is 7.11 Å². The second-order valence-electron chi connectivity index (χ2n) is 4.81. The summed E-state index contributed by atoms with van der Waals surface area (Å²) in [6.45, 7) is 2.17. The average molecular weight is 263 g/mol. The first kappa shape index (κ1) is 12.7. The molecule has 0 radical (unpaired) electrons. The molecule has 1 heterocycles. The predicted octanol–water partition coefficient (Wildman–Crippen LogP) is 4.47. The first-order valence-corrected chi connectivity index (χ1v) is 6.84. The number of rotatable bonds is 3. The second kappa shape index (κ2) is 5.33. The van der Waals surface area contributed by atoms with Gasteiger partial charge in [-0.15, -0.1) is 0 Å². The van der Waals surface area contributed by atoms with Crippen molar-refractivity contribution in [2.75, 3.05) is 7.11 Å². The molecule has 0 aliphatic heterocycles. The molecule has 0 spiro atoms. The van der Waals surface area contributed by atoms with Gasteiger partial charge in [0.05, 0.1) is 12.6 Å². The van der Waals surface area contributed by atoms with Gasteiger partial charge in [0.15, 0.2) is 0 Å². The summed E-state index contributed by atoms with van der Waals surface area (Å²) in [5, 5.41) is 1.13. The molecule has 0 aliphatic carbocycles. The van der Waals surface area contributed by atoms with E-state index in [1.165, 1.54) is 16.7 Å². The highest BCUT2D eigenvalue weighted by Gasteiger charge is 2.02. The van der Waals surface area contributed by atoms with Crippen molar-refractivity contribution in [3.8, 4) is 17.0 Å². The number of pyridine rings is 1. The fourth-order valence-corrected chi connectivity index (χ4v) is 2.33. The van der Waals surface area contributed by atoms with Crippen molar-refractivity contribution in [3.05, 3.63) is 60.2 Å². The smallest absolute Gasteiger partial charge is 0.213 e. The molecule has 0 saturated carbocycles. The summed E-state index contributed by atoms with van der Waals surface area (Å²) in [6, 6.07) is 19.0. The molecule has 0 amide bonds. The molecule has 0 fully saturated rings. The van der Waals surface area contributed by atoms with Gasteiger partial charge >= 0.3 is 0 Å². The van der Waals surface area contributed by atoms with Crippen LogP contribution in [0.4, 0.5) is 0 Å². The van der Waals surface area contributed by atoms with Gasteiger partial charge in [-0.2, -0.15) is 0 Å². The van der Waals surface area contributed by atoms with Crippen LogP contribution in [0.25, 0.3) is 22.0 Å². The van der Waals surface area contributed by atoms with Gasteiger partial charge in [-0.1, -0.05) is 37.3 Å². The summed E-state index contributed by atoms with van der Waals surface area (Å²) in [7, 11) is 1.64. The summed E-state index contributed by atoms with van der Waals surface area (Å²) in [5.41, 5.74) is 4.77. The van der Waals surface area contributed by atoms with E-state index in [4.69, 9.17) is 4.74 Å². The summed E-state index contributed by atoms with van der Waals surface area (Å²) in [4.78, 5) is 4.43. The normalized spacial score (nSPS) is 10.7. The van der Waals surface area contributed by atoms with Crippen molar-refractivity contribution in [1.82, 2.24) is 4.98 Å². The molecule has 0 aliphatic rings. The quantitative estimate of drug-likeness (QED) is 0.695. The van der Waals surface area contributed by atoms with E-state index in [0.29, 0.717) is 5.88 Å². The Kier molecular flexibility index (Phi) is 3.38. The van der Waals surface area contributed by atoms with E-state index >= 15 is 0 Å². The van der Waals surface area contributed by atoms with Crippen LogP contribution in [0.3, 0.4) is 0 Å². The molecule has 1 aromatic heterocycles. The number of nitrogens with zero attached hydrogens (tertiary/aromatic N) is 1. The van der Waals surface area contributed by atoms with Crippen LogP contribution in [0, 0.1) is 0 Å². The van der Waals surface area contributed by atoms with E-state index in [2.05, 4.69) is 48.3 Å². The Morgan fingerprint density at radius 1 is 0.900 bits per heavy atom. The van der Waals surface area contributed by atoms with Gasteiger partial charge in [-0.3, -0.25) is 0 Å². The van der Waals surface area contributed by atoms with Crippen LogP contribution in [0.2, 0.25) is 0 Å². The molecular formula is C18H17NO. The monoisotopic (exact) mass is 263 g/mol. The van der Waals surface area contributed by atoms with Crippen LogP contribution in [0.1, 0.15) is 12.5 Å². The highest BCUT2D eigenvalue weighted by Crippen LogP contribution is 2.25. The summed E-state index contributed by atoms with van der Waals surface area (Å²) in [6.07, 6.45) is 1.07. The minimum atomic E-state index is 0.651. The Morgan fingerprint density at radius 2 is 1.65 bits per heavy atom. The van der Waals surface area contributed by atoms with Gasteiger partial charge in [-0.05, 0) is 41.3 Å². The van der Waals surface area contributed by atoms with E-state index in [1.807, 2.05) is 18.2 Å². The lowest BCUT2D eigenvalue weighted by Crippen LogP contribution is -1.88. The lowest BCUT2D eigenvalue weighted by molar-refractivity contribution is 0.399. The van der Waals surface area contributed by atoms with Crippen molar-refractivity contribution in [1.29, 1.82) is 0 Å². The highest BCUT2D eigenvalue weighted by atomic mass is 16.5. The van der Waals surface area contributed by atoms with Gasteiger partial charge in [-0.25, -0.2) is 4.98 Å². The maximum absolute atomic E-state index is 5.15. The van der Waals surface area contributed by atoms with E-state index in [0.717, 1.165) is 17.3 Å². The number of aromatic nitrogens is 1. The molecule has 2 heteroatoms. The number of ether oxygens (including phenoxy) is 1. The summed E-state index contributed by atoms with van der Waals surface area (Å²) in [5.74, 6) is 0.651. The van der Waals surface area contributed by atoms with Crippen molar-refractivity contribution in [2.45, 2.75) is 13.3 Å². The molecule has 0 unspecified atom stereocenters. The van der Waals surface area contributed by atoms with Crippen molar-refractivity contribution < 1.29 is 4.74 Å². The fraction of sp³-hybridized carbons (Fsp3) is 0.167. The first-order chi connectivity index (χ1) is 9.80. The lowest BCUT2D eigenvalue weighted by Gasteiger charge is -2.06. The molecule has 0 bridgehead atoms. The Bertz CT molecular complexity index is 732. The number of aryl methyl sites for hydroxylation is 1. The highest BCUT2D eigenvalue weighted by molar-refractivity contribution is 5.84. The maximum atomic E-state index is 5.15. The van der Waals surface area contributed by atoms with Crippen LogP contribution in [-0.2, 0) is 6.42 Å². The average Bonchev–Trinajstić information content (AvgIpc) is 2.54. The topological polar surface area (TPSA) is 22.1 Å². The molecule has 0 atom stereocenters. The van der Waals surface area contributed by atoms with Crippen molar-refractivity contribution in [3.63, 3.8) is 0 Å². The molecule has 0 saturated heterocycles. The molecule has 3 rings (SSSR count). The summed E-state index contributed by atoms with van der Waals surface area (Å²) >= 11 is 0. The molecule has 2 aromatic carbocycles. The van der Waals surface area contributed by atoms with Gasteiger partial charge in [0, 0.05) is 11.5 Å². The lowest BCUT2D eigenvalue weighted by atomic mass is 10.0. The third-order valence-electron chi connectivity index (χ3n) is 3.57. The third-order valence-corrected chi connectivity index (χ3v) is 3.57. The van der Waals surface area contributed by atoms with Crippen LogP contribution < -0.4 is 4.74 Å². The fourth-order valence-electron chi connectivity index (χ4n) is 2.33. The Labute approximate surface area is 119 Å². The number of methoxy groups -OCH3 is 1. The zero-order chi connectivity index (χ0) is 13.9. The van der Waals surface area contributed by atoms with E-state index in [-0.39, 0.29) is 0 Å². The summed E-state index contributed by atoms with van der Waals surface area (Å²) < 4.78 is 5.15. The van der Waals surface area contributed by atoms with Crippen LogP contribution >= 0.6 is 0 Å². The Balaban J connectivity index is 2.03. The van der Waals surface area contributed by atoms with E-state index < -0.39 is 0 Å². The second-order valence-corrected chi connectivity index (χ2v) is 4.81. The number of hydrogen-bond donors (Lipinski definition) is 0. The van der Waals surface area contributed by atoms with Gasteiger partial charge < -0.3 is 4.74 Å². The van der Waals surface area contributed by atoms with Crippen LogP contribution in [0.5, 0.6) is 5.88 Å². The van der Waals surface area contributed by atoms with Crippen molar-refractivity contribution in [2.24, 2.45) is 0 Å². The zero-order valence-electron chi connectivity index (χ0n) is 11.8. The van der Waals surface area contributed by atoms with Crippen LogP contribution in [0.15, 0.2) is 54.6 Å². The minimum Gasteiger partial charge on any atom is -0.481 e. The van der Waals surface area contributed by atoms with Crippen LogP contribution in [-0.4, -0.2) is 12.1 Å². The van der Waals surface area contributed by atoms with Gasteiger partial charge in [0.25, 0.3) is 0 Å². The largest absolute Gasteiger partial charge is 0.481 e. The SMILES string of the molecule is CCc1ccc(-c2ccc3nc(OC)ccc3c2)cc1. The molecular weight excluding hydrogens is 246 g/mol. The predicted molar refractivity (Wildman–Crippen MR) is 83.1 cm³/mol. The zero-order valence-corrected chi connectivity index (χ0v) is 11.8. The standard InChI is InChI=1S/C18H17NO/c1-3-13-4-6-14(7-5-13)15-8-10-17-16(12-15)9-11-18(19-17)20-2/h4-12H,3H2,1-2H3. The molecule has 20 heavy (non-hydrogen) atoms. The molecule has 3 aromatic rings. The third kappa shape index (κ3) is 2.37. The first-order valence-electron chi connectivity index (χ1n) is 6.84. The van der Waals surface area contributed by atoms with E-state index in [9.17, 15) is 0 Å². The van der Waals surface area contributed by atoms with Gasteiger partial charge in [0.2, 0.25) is 5.88 Å². The minimum absolute atomic E-state index is 0.651. The molecule has 2 nitrogen and oxygen atoms in total. The molecule has 0 N–H and O–H groups in total. The number of fused-ring (bicyclic) bond motifs is 1. The Morgan fingerprint density at radius 3 is 2.35 bits per heavy atom. The number of hydrogen-bond acceptors (Lipinski definition) is 2. The van der Waals surface area contributed by atoms with Crippen molar-refractivity contribution >= 4 is 10.9 Å². The molecule has 100 valence electrons. The number of benzene rings is 2.